The second-order valence-electron chi connectivity index (χ2n) is 13.8. The smallest absolute Gasteiger partial charge is 0.254 e. The Morgan fingerprint density at radius 3 is 2.25 bits per heavy atom. The fraction of sp³-hybridized carbons (Fsp3) is 0.390. The quantitative estimate of drug-likeness (QED) is 0.152. The summed E-state index contributed by atoms with van der Waals surface area (Å²) < 4.78 is 24.4. The van der Waals surface area contributed by atoms with Crippen LogP contribution in [0.2, 0.25) is 0 Å². The lowest BCUT2D eigenvalue weighted by Gasteiger charge is -2.36. The zero-order chi connectivity index (χ0) is 36.1. The van der Waals surface area contributed by atoms with Gasteiger partial charge < -0.3 is 38.6 Å². The van der Waals surface area contributed by atoms with Gasteiger partial charge in [0, 0.05) is 55.6 Å². The lowest BCUT2D eigenvalue weighted by atomic mass is 9.76. The Bertz CT molecular complexity index is 1950. The average molecular weight is 705 g/mol. The summed E-state index contributed by atoms with van der Waals surface area (Å²) in [6.45, 7) is 4.96. The number of pyridine rings is 1. The Balaban J connectivity index is 1.03. The molecule has 0 bridgehead atoms. The van der Waals surface area contributed by atoms with E-state index in [1.54, 1.807) is 40.6 Å². The van der Waals surface area contributed by atoms with Gasteiger partial charge in [-0.1, -0.05) is 24.3 Å². The molecule has 2 aliphatic rings. The molecule has 2 aromatic heterocycles. The summed E-state index contributed by atoms with van der Waals surface area (Å²) in [7, 11) is 6.38. The number of rotatable bonds is 13. The van der Waals surface area contributed by atoms with Gasteiger partial charge in [0.05, 0.1) is 46.0 Å². The number of likely N-dealkylation sites (tertiary alicyclic amines) is 2. The number of imidazole rings is 1. The number of fused-ring (bicyclic) bond motifs is 1. The van der Waals surface area contributed by atoms with E-state index in [4.69, 9.17) is 23.9 Å². The summed E-state index contributed by atoms with van der Waals surface area (Å²) in [5.41, 5.74) is 4.88. The van der Waals surface area contributed by atoms with Crippen LogP contribution in [0.25, 0.3) is 11.0 Å². The number of hydrogen-bond acceptors (Lipinski definition) is 9. The number of benzene rings is 3. The van der Waals surface area contributed by atoms with E-state index < -0.39 is 0 Å². The zero-order valence-electron chi connectivity index (χ0n) is 30.5. The van der Waals surface area contributed by atoms with Gasteiger partial charge in [-0.05, 0) is 91.9 Å². The van der Waals surface area contributed by atoms with Gasteiger partial charge >= 0.3 is 0 Å². The van der Waals surface area contributed by atoms with Crippen molar-refractivity contribution >= 4 is 22.9 Å². The fourth-order valence-corrected chi connectivity index (χ4v) is 7.83. The summed E-state index contributed by atoms with van der Waals surface area (Å²) in [5.74, 6) is 3.10. The van der Waals surface area contributed by atoms with Crippen LogP contribution in [0, 0.1) is 0 Å². The van der Waals surface area contributed by atoms with Crippen molar-refractivity contribution in [1.82, 2.24) is 24.3 Å². The van der Waals surface area contributed by atoms with E-state index in [-0.39, 0.29) is 11.3 Å². The van der Waals surface area contributed by atoms with Crippen LogP contribution in [0.5, 0.6) is 23.0 Å². The Hall–Kier alpha value is -5.29. The number of amides is 1. The fourth-order valence-electron chi connectivity index (χ4n) is 7.83. The number of nitrogens with one attached hydrogen (secondary N) is 1. The molecule has 0 aliphatic carbocycles. The molecule has 2 fully saturated rings. The number of ether oxygens (including phenoxy) is 4. The maximum atomic E-state index is 14.0. The van der Waals surface area contributed by atoms with Crippen LogP contribution in [-0.2, 0) is 12.0 Å². The molecule has 0 spiro atoms. The molecule has 7 rings (SSSR count). The minimum atomic E-state index is -0.185. The number of carbonyl (C=O) groups is 1. The van der Waals surface area contributed by atoms with Crippen molar-refractivity contribution in [1.29, 1.82) is 0 Å². The molecule has 1 amide bonds. The van der Waals surface area contributed by atoms with Crippen LogP contribution in [0.3, 0.4) is 0 Å². The molecule has 0 saturated carbocycles. The van der Waals surface area contributed by atoms with E-state index in [2.05, 4.69) is 62.2 Å². The molecule has 1 N–H and O–H groups in total. The van der Waals surface area contributed by atoms with Crippen LogP contribution >= 0.6 is 0 Å². The van der Waals surface area contributed by atoms with Gasteiger partial charge in [-0.3, -0.25) is 9.78 Å². The number of aromatic nitrogens is 3. The lowest BCUT2D eigenvalue weighted by Crippen LogP contribution is -2.42. The number of hydrogen-bond donors (Lipinski definition) is 1. The minimum absolute atomic E-state index is 0.0449. The lowest BCUT2D eigenvalue weighted by molar-refractivity contribution is 0.0779. The normalized spacial score (nSPS) is 18.0. The predicted octanol–water partition coefficient (Wildman–Crippen LogP) is 6.26. The summed E-state index contributed by atoms with van der Waals surface area (Å²) in [6.07, 6.45) is 7.55. The number of methoxy groups -OCH3 is 4. The van der Waals surface area contributed by atoms with Crippen molar-refractivity contribution in [3.63, 3.8) is 0 Å². The number of para-hydroxylation sites is 2. The first-order chi connectivity index (χ1) is 25.4. The Morgan fingerprint density at radius 1 is 0.865 bits per heavy atom. The van der Waals surface area contributed by atoms with Crippen molar-refractivity contribution < 1.29 is 23.7 Å². The van der Waals surface area contributed by atoms with E-state index in [1.165, 1.54) is 11.1 Å². The van der Waals surface area contributed by atoms with E-state index >= 15 is 0 Å². The molecule has 4 heterocycles. The van der Waals surface area contributed by atoms with Crippen molar-refractivity contribution in [2.24, 2.45) is 0 Å². The van der Waals surface area contributed by atoms with Crippen molar-refractivity contribution in [2.75, 3.05) is 66.5 Å². The Labute approximate surface area is 305 Å². The second-order valence-corrected chi connectivity index (χ2v) is 13.8. The van der Waals surface area contributed by atoms with Crippen LogP contribution in [0.1, 0.15) is 47.2 Å². The molecule has 11 heteroatoms. The third-order valence-corrected chi connectivity index (χ3v) is 10.8. The molecule has 1 unspecified atom stereocenters. The Kier molecular flexibility index (Phi) is 10.5. The second kappa shape index (κ2) is 15.5. The van der Waals surface area contributed by atoms with Crippen LogP contribution in [-0.4, -0.2) is 97.4 Å². The molecular weight excluding hydrogens is 656 g/mol. The van der Waals surface area contributed by atoms with E-state index in [1.807, 2.05) is 35.5 Å². The number of nitrogens with zero attached hydrogens (tertiary/aromatic N) is 5. The molecule has 5 aromatic rings. The van der Waals surface area contributed by atoms with Crippen molar-refractivity contribution in [3.8, 4) is 23.0 Å². The van der Waals surface area contributed by atoms with Crippen molar-refractivity contribution in [2.45, 2.75) is 43.7 Å². The molecule has 52 heavy (non-hydrogen) atoms. The minimum Gasteiger partial charge on any atom is -0.497 e. The van der Waals surface area contributed by atoms with Gasteiger partial charge in [-0.15, -0.1) is 0 Å². The monoisotopic (exact) mass is 704 g/mol. The van der Waals surface area contributed by atoms with Crippen LogP contribution < -0.4 is 24.3 Å². The van der Waals surface area contributed by atoms with E-state index in [0.717, 1.165) is 74.6 Å². The number of carbonyl (C=O) groups excluding carboxylic acids is 1. The van der Waals surface area contributed by atoms with Gasteiger partial charge in [0.1, 0.15) is 5.75 Å². The molecular formula is C41H48N6O5. The SMILES string of the molecule is COc1ccc(C2(CCN3CCC(Nc4nc5ccccc5n4Cc4ccncc4)CC3)CCN(C(=O)c3cc(OC)c(OC)c(OC)c3)C2)cc1. The first kappa shape index (κ1) is 35.1. The summed E-state index contributed by atoms with van der Waals surface area (Å²) in [4.78, 5) is 27.7. The highest BCUT2D eigenvalue weighted by Gasteiger charge is 2.42. The van der Waals surface area contributed by atoms with Gasteiger partial charge in [0.15, 0.2) is 11.5 Å². The van der Waals surface area contributed by atoms with Gasteiger partial charge in [0.25, 0.3) is 5.91 Å². The molecule has 2 aliphatic heterocycles. The third-order valence-electron chi connectivity index (χ3n) is 10.8. The average Bonchev–Trinajstić information content (AvgIpc) is 3.79. The van der Waals surface area contributed by atoms with Crippen LogP contribution in [0.15, 0.2) is 85.2 Å². The van der Waals surface area contributed by atoms with E-state index in [9.17, 15) is 4.79 Å². The molecule has 1 atom stereocenters. The van der Waals surface area contributed by atoms with Crippen molar-refractivity contribution in [3.05, 3.63) is 102 Å². The van der Waals surface area contributed by atoms with Crippen LogP contribution in [0.4, 0.5) is 5.95 Å². The highest BCUT2D eigenvalue weighted by atomic mass is 16.5. The van der Waals surface area contributed by atoms with Gasteiger partial charge in [0.2, 0.25) is 11.7 Å². The summed E-state index contributed by atoms with van der Waals surface area (Å²) >= 11 is 0. The number of anilines is 1. The van der Waals surface area contributed by atoms with E-state index in [0.29, 0.717) is 41.9 Å². The third kappa shape index (κ3) is 7.23. The standard InChI is InChI=1S/C41H48N6O5/c1-49-33-11-9-31(10-12-33)41(18-24-46(28-41)39(48)30-25-36(50-2)38(52-4)37(26-30)51-3)17-23-45-21-15-32(16-22-45)43-40-44-34-7-5-6-8-35(34)47(40)27-29-13-19-42-20-14-29/h5-14,19-20,25-26,32H,15-18,21-24,27-28H2,1-4H3,(H,43,44). The maximum absolute atomic E-state index is 14.0. The highest BCUT2D eigenvalue weighted by Crippen LogP contribution is 2.42. The maximum Gasteiger partial charge on any atom is 0.254 e. The first-order valence-corrected chi connectivity index (χ1v) is 18.0. The van der Waals surface area contributed by atoms with Gasteiger partial charge in [-0.2, -0.15) is 0 Å². The number of piperidine rings is 1. The highest BCUT2D eigenvalue weighted by molar-refractivity contribution is 5.96. The zero-order valence-corrected chi connectivity index (χ0v) is 30.5. The van der Waals surface area contributed by atoms with Gasteiger partial charge in [-0.25, -0.2) is 4.98 Å². The Morgan fingerprint density at radius 2 is 1.58 bits per heavy atom. The largest absolute Gasteiger partial charge is 0.497 e. The molecule has 11 nitrogen and oxygen atoms in total. The molecule has 272 valence electrons. The summed E-state index contributed by atoms with van der Waals surface area (Å²) in [6, 6.07) is 24.6. The molecule has 3 aromatic carbocycles. The predicted molar refractivity (Wildman–Crippen MR) is 202 cm³/mol. The molecule has 0 radical (unpaired) electrons. The summed E-state index contributed by atoms with van der Waals surface area (Å²) in [5, 5.41) is 3.81. The molecule has 2 saturated heterocycles. The first-order valence-electron chi connectivity index (χ1n) is 18.0. The topological polar surface area (TPSA) is 103 Å².